The average Bonchev–Trinajstić information content (AvgIpc) is 2.89. The van der Waals surface area contributed by atoms with Crippen LogP contribution in [0.25, 0.3) is 0 Å². The molecule has 0 aromatic rings. The molecule has 0 saturated heterocycles. The van der Waals surface area contributed by atoms with Gasteiger partial charge in [0.25, 0.3) is 0 Å². The van der Waals surface area contributed by atoms with Crippen LogP contribution >= 0.6 is 0 Å². The van der Waals surface area contributed by atoms with E-state index >= 15 is 0 Å². The maximum Gasteiger partial charge on any atom is 0.0577 e. The van der Waals surface area contributed by atoms with Crippen molar-refractivity contribution in [2.45, 2.75) is 58.5 Å². The first-order chi connectivity index (χ1) is 5.86. The fourth-order valence-corrected chi connectivity index (χ4v) is 1.40. The minimum atomic E-state index is 0.640. The standard InChI is InChI=1S/C11H22O/c1-3-5-6-10(4-2)9-12-11-7-8-11/h10-11H,3-9H2,1-2H3. The van der Waals surface area contributed by atoms with E-state index < -0.39 is 0 Å². The van der Waals surface area contributed by atoms with Crippen LogP contribution in [-0.4, -0.2) is 12.7 Å². The van der Waals surface area contributed by atoms with Crippen LogP contribution in [0.2, 0.25) is 0 Å². The van der Waals surface area contributed by atoms with Gasteiger partial charge in [0.15, 0.2) is 0 Å². The predicted octanol–water partition coefficient (Wildman–Crippen LogP) is 3.38. The van der Waals surface area contributed by atoms with Gasteiger partial charge >= 0.3 is 0 Å². The summed E-state index contributed by atoms with van der Waals surface area (Å²) in [6.45, 7) is 5.55. The van der Waals surface area contributed by atoms with Crippen molar-refractivity contribution in [2.24, 2.45) is 5.92 Å². The lowest BCUT2D eigenvalue weighted by Gasteiger charge is -2.13. The Morgan fingerprint density at radius 3 is 2.58 bits per heavy atom. The van der Waals surface area contributed by atoms with E-state index in [1.807, 2.05) is 0 Å². The largest absolute Gasteiger partial charge is 0.378 e. The second kappa shape index (κ2) is 5.58. The summed E-state index contributed by atoms with van der Waals surface area (Å²) in [5.74, 6) is 0.825. The normalized spacial score (nSPS) is 19.5. The fourth-order valence-electron chi connectivity index (χ4n) is 1.40. The zero-order valence-corrected chi connectivity index (χ0v) is 8.51. The van der Waals surface area contributed by atoms with Gasteiger partial charge in [-0.25, -0.2) is 0 Å². The molecule has 1 saturated carbocycles. The van der Waals surface area contributed by atoms with E-state index in [4.69, 9.17) is 4.74 Å². The second-order valence-electron chi connectivity index (χ2n) is 3.95. The highest BCUT2D eigenvalue weighted by molar-refractivity contribution is 4.73. The molecule has 1 unspecified atom stereocenters. The Bertz CT molecular complexity index is 108. The Kier molecular flexibility index (Phi) is 4.67. The Balaban J connectivity index is 1.98. The molecule has 1 fully saturated rings. The van der Waals surface area contributed by atoms with Crippen LogP contribution in [0.15, 0.2) is 0 Å². The van der Waals surface area contributed by atoms with Crippen LogP contribution in [-0.2, 0) is 4.74 Å². The van der Waals surface area contributed by atoms with Crippen molar-refractivity contribution in [1.29, 1.82) is 0 Å². The van der Waals surface area contributed by atoms with Crippen LogP contribution < -0.4 is 0 Å². The molecule has 0 amide bonds. The van der Waals surface area contributed by atoms with Gasteiger partial charge < -0.3 is 4.74 Å². The summed E-state index contributed by atoms with van der Waals surface area (Å²) in [5, 5.41) is 0. The van der Waals surface area contributed by atoms with E-state index in [0.717, 1.165) is 12.5 Å². The molecule has 0 aromatic heterocycles. The molecule has 1 aliphatic carbocycles. The number of ether oxygens (including phenoxy) is 1. The zero-order chi connectivity index (χ0) is 8.81. The summed E-state index contributed by atoms with van der Waals surface area (Å²) in [5.41, 5.74) is 0. The first kappa shape index (κ1) is 10.0. The van der Waals surface area contributed by atoms with Gasteiger partial charge in [0.1, 0.15) is 0 Å². The molecule has 0 aliphatic heterocycles. The lowest BCUT2D eigenvalue weighted by molar-refractivity contribution is 0.0812. The molecular formula is C11H22O. The molecule has 0 N–H and O–H groups in total. The number of hydrogen-bond donors (Lipinski definition) is 0. The summed E-state index contributed by atoms with van der Waals surface area (Å²) in [6, 6.07) is 0. The van der Waals surface area contributed by atoms with E-state index in [-0.39, 0.29) is 0 Å². The number of unbranched alkanes of at least 4 members (excludes halogenated alkanes) is 1. The zero-order valence-electron chi connectivity index (χ0n) is 8.51. The van der Waals surface area contributed by atoms with Crippen molar-refractivity contribution in [3.05, 3.63) is 0 Å². The van der Waals surface area contributed by atoms with Crippen LogP contribution in [0.4, 0.5) is 0 Å². The maximum absolute atomic E-state index is 5.70. The Hall–Kier alpha value is -0.0400. The highest BCUT2D eigenvalue weighted by atomic mass is 16.5. The number of rotatable bonds is 7. The van der Waals surface area contributed by atoms with Crippen LogP contribution in [0.3, 0.4) is 0 Å². The molecule has 0 spiro atoms. The minimum Gasteiger partial charge on any atom is -0.378 e. The molecule has 1 aliphatic rings. The first-order valence-corrected chi connectivity index (χ1v) is 5.48. The van der Waals surface area contributed by atoms with Gasteiger partial charge in [0.05, 0.1) is 6.10 Å². The van der Waals surface area contributed by atoms with E-state index in [2.05, 4.69) is 13.8 Å². The lowest BCUT2D eigenvalue weighted by atomic mass is 10.0. The molecule has 1 rings (SSSR count). The van der Waals surface area contributed by atoms with E-state index in [1.54, 1.807) is 0 Å². The minimum absolute atomic E-state index is 0.640. The Morgan fingerprint density at radius 2 is 2.08 bits per heavy atom. The molecule has 0 bridgehead atoms. The third-order valence-electron chi connectivity index (χ3n) is 2.64. The second-order valence-corrected chi connectivity index (χ2v) is 3.95. The van der Waals surface area contributed by atoms with Crippen LogP contribution in [0, 0.1) is 5.92 Å². The van der Waals surface area contributed by atoms with Gasteiger partial charge in [-0.15, -0.1) is 0 Å². The topological polar surface area (TPSA) is 9.23 Å². The first-order valence-electron chi connectivity index (χ1n) is 5.48. The Morgan fingerprint density at radius 1 is 1.33 bits per heavy atom. The average molecular weight is 170 g/mol. The van der Waals surface area contributed by atoms with Gasteiger partial charge in [-0.05, 0) is 25.2 Å². The van der Waals surface area contributed by atoms with E-state index in [0.29, 0.717) is 6.10 Å². The molecular weight excluding hydrogens is 148 g/mol. The van der Waals surface area contributed by atoms with Crippen molar-refractivity contribution in [2.75, 3.05) is 6.61 Å². The van der Waals surface area contributed by atoms with E-state index in [1.165, 1.54) is 38.5 Å². The molecule has 12 heavy (non-hydrogen) atoms. The lowest BCUT2D eigenvalue weighted by Crippen LogP contribution is -2.09. The molecule has 0 aromatic carbocycles. The maximum atomic E-state index is 5.70. The van der Waals surface area contributed by atoms with Gasteiger partial charge in [0, 0.05) is 6.61 Å². The molecule has 1 atom stereocenters. The Labute approximate surface area is 76.5 Å². The van der Waals surface area contributed by atoms with Crippen LogP contribution in [0.5, 0.6) is 0 Å². The van der Waals surface area contributed by atoms with Gasteiger partial charge in [-0.1, -0.05) is 33.1 Å². The molecule has 1 heteroatoms. The van der Waals surface area contributed by atoms with Crippen molar-refractivity contribution in [3.63, 3.8) is 0 Å². The quantitative estimate of drug-likeness (QED) is 0.569. The molecule has 0 radical (unpaired) electrons. The fraction of sp³-hybridized carbons (Fsp3) is 1.00. The summed E-state index contributed by atoms with van der Waals surface area (Å²) >= 11 is 0. The van der Waals surface area contributed by atoms with Gasteiger partial charge in [-0.3, -0.25) is 0 Å². The van der Waals surface area contributed by atoms with Crippen molar-refractivity contribution in [1.82, 2.24) is 0 Å². The van der Waals surface area contributed by atoms with E-state index in [9.17, 15) is 0 Å². The van der Waals surface area contributed by atoms with Gasteiger partial charge in [-0.2, -0.15) is 0 Å². The summed E-state index contributed by atoms with van der Waals surface area (Å²) < 4.78 is 5.70. The summed E-state index contributed by atoms with van der Waals surface area (Å²) in [4.78, 5) is 0. The molecule has 0 heterocycles. The summed E-state index contributed by atoms with van der Waals surface area (Å²) in [7, 11) is 0. The monoisotopic (exact) mass is 170 g/mol. The number of hydrogen-bond acceptors (Lipinski definition) is 1. The summed E-state index contributed by atoms with van der Waals surface area (Å²) in [6.07, 6.45) is 8.59. The third kappa shape index (κ3) is 4.10. The van der Waals surface area contributed by atoms with Crippen molar-refractivity contribution < 1.29 is 4.74 Å². The van der Waals surface area contributed by atoms with Gasteiger partial charge in [0.2, 0.25) is 0 Å². The predicted molar refractivity (Wildman–Crippen MR) is 52.3 cm³/mol. The third-order valence-corrected chi connectivity index (χ3v) is 2.64. The highest BCUT2D eigenvalue weighted by Gasteiger charge is 2.22. The van der Waals surface area contributed by atoms with Crippen LogP contribution in [0.1, 0.15) is 52.4 Å². The smallest absolute Gasteiger partial charge is 0.0577 e. The molecule has 72 valence electrons. The SMILES string of the molecule is CCCCC(CC)COC1CC1. The van der Waals surface area contributed by atoms with Crippen molar-refractivity contribution >= 4 is 0 Å². The van der Waals surface area contributed by atoms with Crippen molar-refractivity contribution in [3.8, 4) is 0 Å². The molecule has 1 nitrogen and oxygen atoms in total. The highest BCUT2D eigenvalue weighted by Crippen LogP contribution is 2.25.